The Hall–Kier alpha value is -2.19. The fraction of sp³-hybridized carbons (Fsp3) is 0.867. The summed E-state index contributed by atoms with van der Waals surface area (Å²) >= 11 is 0. The van der Waals surface area contributed by atoms with Gasteiger partial charge in [-0.1, -0.05) is 32.4 Å². The Kier molecular flexibility index (Phi) is 19.5. The van der Waals surface area contributed by atoms with E-state index in [1.54, 1.807) is 12.2 Å². The summed E-state index contributed by atoms with van der Waals surface area (Å²) in [5.74, 6) is -0.0768. The predicted octanol–water partition coefficient (Wildman–Crippen LogP) is -7.74. The maximum Gasteiger partial charge on any atom is 0.394 e. The van der Waals surface area contributed by atoms with Crippen LogP contribution >= 0.6 is 0 Å². The number of carbonyl (C=O) groups is 2. The Morgan fingerprint density at radius 1 is 0.743 bits per heavy atom. The predicted molar refractivity (Wildman–Crippen MR) is 252 cm³/mol. The largest absolute Gasteiger partial charge is 0.394 e. The van der Waals surface area contributed by atoms with Gasteiger partial charge in [0.2, 0.25) is 0 Å². The quantitative estimate of drug-likeness (QED) is 0.0855. The van der Waals surface area contributed by atoms with Crippen LogP contribution in [0.4, 0.5) is 0 Å². The molecule has 0 bridgehead atoms. The molecule has 29 heteroatoms. The Labute approximate surface area is 427 Å². The van der Waals surface area contributed by atoms with E-state index in [1.165, 1.54) is 0 Å². The van der Waals surface area contributed by atoms with Crippen LogP contribution in [0.2, 0.25) is 0 Å². The van der Waals surface area contributed by atoms with Crippen LogP contribution in [-0.2, 0) is 48.4 Å². The highest BCUT2D eigenvalue weighted by molar-refractivity contribution is 7.79. The third-order valence-corrected chi connectivity index (χ3v) is 16.9. The highest BCUT2D eigenvalue weighted by Crippen LogP contribution is 2.67. The fourth-order valence-corrected chi connectivity index (χ4v) is 13.1. The summed E-state index contributed by atoms with van der Waals surface area (Å²) in [5, 5.41) is 105. The highest BCUT2D eigenvalue weighted by atomic mass is 32.3. The van der Waals surface area contributed by atoms with Gasteiger partial charge in [0.05, 0.1) is 30.9 Å². The van der Waals surface area contributed by atoms with E-state index in [4.69, 9.17) is 80.3 Å². The molecule has 28 nitrogen and oxygen atoms in total. The van der Waals surface area contributed by atoms with Crippen molar-refractivity contribution in [2.24, 2.45) is 68.9 Å². The summed E-state index contributed by atoms with van der Waals surface area (Å²) in [6, 6.07) is -4.18. The molecule has 24 N–H and O–H groups in total. The average Bonchev–Trinajstić information content (AvgIpc) is 3.78. The Morgan fingerprint density at radius 2 is 1.26 bits per heavy atom. The number of fused-ring (bicyclic) bond motifs is 5. The van der Waals surface area contributed by atoms with Crippen molar-refractivity contribution < 1.29 is 107 Å². The lowest BCUT2D eigenvalue weighted by molar-refractivity contribution is -0.306. The summed E-state index contributed by atoms with van der Waals surface area (Å²) in [6.45, 7) is 4.52. The van der Waals surface area contributed by atoms with E-state index in [1.807, 2.05) is 13.0 Å². The lowest BCUT2D eigenvalue weighted by atomic mass is 9.45. The summed E-state index contributed by atoms with van der Waals surface area (Å²) in [5.41, 5.74) is 34.0. The van der Waals surface area contributed by atoms with Crippen molar-refractivity contribution in [3.63, 3.8) is 0 Å². The topological polar surface area (TPSA) is 523 Å². The number of hydrogen-bond donors (Lipinski definition) is 18. The molecule has 3 aliphatic heterocycles. The second-order valence-corrected chi connectivity index (χ2v) is 22.3. The van der Waals surface area contributed by atoms with E-state index in [0.29, 0.717) is 12.8 Å². The minimum absolute atomic E-state index is 0.00620. The monoisotopic (exact) mass is 1090 g/mol. The summed E-state index contributed by atoms with van der Waals surface area (Å²) in [4.78, 5) is 24.4. The number of rotatable bonds is 11. The standard InChI is InChI=1S/C23H46N6O13.C22H30O5.H2O4S/c24-2-7-13(32)15(34)10(28)21(37-7)40-18-6(27)1-5(26)12(31)20(18)42-23-17(36)19(9(4-30)39-23)41-22-11(29)16(35)14(33)8(3-25)38-22;1-12-8-14-15-5-7-22(27,18(26)11-23)21(15,3)10-17(25)19(14)20(2)6-4-13(24)9-16(12)20;1-5(2,3)4/h5-23,30-36H,1-4,24-29H2;4,6,9,12,14-15,17,19,23,25,27H,5,7-8,10-11H2,1-3H3;(H2,1,2,3,4)/t5-,6+,7-,8+,9-,10-,11-,12+,13-,14-,15-,16-,17-,18-,19-,20-,21-,22?,23+;12-,14-,15-,17-,19+,20-,21-,22-;/m10./s1. The molecular formula is C45H78N6O22S. The summed E-state index contributed by atoms with van der Waals surface area (Å²) in [6.07, 6.45) is -12.9. The third kappa shape index (κ3) is 11.7. The Balaban J connectivity index is 0.000000237. The van der Waals surface area contributed by atoms with Crippen molar-refractivity contribution in [2.45, 2.75) is 181 Å². The fourth-order valence-electron chi connectivity index (χ4n) is 13.1. The van der Waals surface area contributed by atoms with Gasteiger partial charge in [-0.25, -0.2) is 0 Å². The van der Waals surface area contributed by atoms with Gasteiger partial charge < -0.3 is 114 Å². The Morgan fingerprint density at radius 3 is 1.77 bits per heavy atom. The van der Waals surface area contributed by atoms with Crippen molar-refractivity contribution in [2.75, 3.05) is 26.3 Å². The lowest BCUT2D eigenvalue weighted by Crippen LogP contribution is -2.68. The number of hydrogen-bond acceptors (Lipinski definition) is 26. The second kappa shape index (κ2) is 23.6. The molecule has 426 valence electrons. The number of aliphatic hydroxyl groups excluding tert-OH is 9. The summed E-state index contributed by atoms with van der Waals surface area (Å²) in [7, 11) is -4.67. The van der Waals surface area contributed by atoms with Crippen LogP contribution in [-0.4, -0.2) is 234 Å². The van der Waals surface area contributed by atoms with Crippen LogP contribution in [0.25, 0.3) is 0 Å². The minimum Gasteiger partial charge on any atom is -0.394 e. The van der Waals surface area contributed by atoms with Gasteiger partial charge >= 0.3 is 10.4 Å². The molecule has 8 rings (SSSR count). The van der Waals surface area contributed by atoms with Crippen LogP contribution in [0.3, 0.4) is 0 Å². The minimum atomic E-state index is -4.67. The zero-order valence-electron chi connectivity index (χ0n) is 41.3. The van der Waals surface area contributed by atoms with Crippen LogP contribution in [0.5, 0.6) is 0 Å². The normalized spacial score (nSPS) is 50.0. The molecule has 0 spiro atoms. The zero-order valence-corrected chi connectivity index (χ0v) is 42.1. The van der Waals surface area contributed by atoms with Crippen LogP contribution in [0.1, 0.15) is 52.9 Å². The lowest BCUT2D eigenvalue weighted by Gasteiger charge is -2.60. The molecule has 5 aliphatic carbocycles. The van der Waals surface area contributed by atoms with E-state index in [2.05, 4.69) is 13.8 Å². The third-order valence-electron chi connectivity index (χ3n) is 16.9. The number of aliphatic hydroxyl groups is 10. The first kappa shape index (κ1) is 61.0. The number of Topliss-reactive ketones (excluding diaryl/α,β-unsaturated/α-hetero) is 1. The maximum absolute atomic E-state index is 12.4. The van der Waals surface area contributed by atoms with E-state index < -0.39 is 163 Å². The van der Waals surface area contributed by atoms with Crippen molar-refractivity contribution in [1.82, 2.24) is 0 Å². The van der Waals surface area contributed by atoms with E-state index in [0.717, 1.165) is 18.4 Å². The molecule has 1 unspecified atom stereocenters. The molecule has 8 aliphatic rings. The van der Waals surface area contributed by atoms with Gasteiger partial charge in [0.15, 0.2) is 30.4 Å². The molecule has 27 atom stereocenters. The molecule has 0 aromatic rings. The van der Waals surface area contributed by atoms with Gasteiger partial charge in [-0.3, -0.25) is 18.7 Å². The molecular weight excluding hydrogens is 1010 g/mol. The molecule has 4 saturated carbocycles. The number of ketones is 2. The molecule has 0 radical (unpaired) electrons. The van der Waals surface area contributed by atoms with E-state index in [9.17, 15) is 60.7 Å². The van der Waals surface area contributed by atoms with Crippen molar-refractivity contribution >= 4 is 22.0 Å². The second-order valence-electron chi connectivity index (χ2n) is 21.4. The average molecular weight is 1090 g/mol. The molecule has 0 amide bonds. The molecule has 74 heavy (non-hydrogen) atoms. The smallest absolute Gasteiger partial charge is 0.394 e. The van der Waals surface area contributed by atoms with Crippen LogP contribution in [0, 0.1) is 34.5 Å². The van der Waals surface area contributed by atoms with E-state index in [-0.39, 0.29) is 54.4 Å². The van der Waals surface area contributed by atoms with Gasteiger partial charge in [-0.05, 0) is 62.0 Å². The number of carbonyl (C=O) groups excluding carboxylic acids is 2. The molecule has 7 fully saturated rings. The first-order valence-electron chi connectivity index (χ1n) is 24.7. The molecule has 3 heterocycles. The SMILES string of the molecule is C[C@H]1C[C@@H]2[C@H]([C@@H](O)C[C@@]3(C)[C@H]2CC[C@]3(O)C(=O)CO)[C@@]2(C)C=CC(=O)C=C12.NC[C@@H]1OC(O[C@H]2[C@@H](O)[C@H](O[C@@H]3[C@@H](O)[C@H](N)C[C@H](N)[C@H]3O[C@H]3O[C@H](CN)[C@@H](O)[C@H](O)[C@H]3N)O[C@@H]2CO)[C@H](N)[C@@H](O)[C@@H]1O.O=S(=O)(O)O. The molecule has 0 aromatic carbocycles. The number of ether oxygens (including phenoxy) is 6. The van der Waals surface area contributed by atoms with Gasteiger partial charge in [0.1, 0.15) is 79.4 Å². The molecule has 0 aromatic heterocycles. The Bertz CT molecular complexity index is 2120. The van der Waals surface area contributed by atoms with Gasteiger partial charge in [-0.2, -0.15) is 8.42 Å². The van der Waals surface area contributed by atoms with Crippen molar-refractivity contribution in [3.8, 4) is 0 Å². The number of nitrogens with two attached hydrogens (primary N) is 6. The van der Waals surface area contributed by atoms with Gasteiger partial charge in [0.25, 0.3) is 0 Å². The van der Waals surface area contributed by atoms with Crippen molar-refractivity contribution in [1.29, 1.82) is 0 Å². The van der Waals surface area contributed by atoms with E-state index >= 15 is 0 Å². The zero-order chi connectivity index (χ0) is 55.3. The molecule has 3 saturated heterocycles. The highest BCUT2D eigenvalue weighted by Gasteiger charge is 2.68. The van der Waals surface area contributed by atoms with Gasteiger partial charge in [0, 0.05) is 41.9 Å². The first-order valence-corrected chi connectivity index (χ1v) is 26.1. The first-order chi connectivity index (χ1) is 34.4. The van der Waals surface area contributed by atoms with Crippen LogP contribution < -0.4 is 34.4 Å². The van der Waals surface area contributed by atoms with Crippen LogP contribution in [0.15, 0.2) is 23.8 Å². The maximum atomic E-state index is 12.4. The van der Waals surface area contributed by atoms with Crippen molar-refractivity contribution in [3.05, 3.63) is 23.8 Å². The summed E-state index contributed by atoms with van der Waals surface area (Å²) < 4.78 is 66.2. The van der Waals surface area contributed by atoms with Gasteiger partial charge in [-0.15, -0.1) is 0 Å². The number of allylic oxidation sites excluding steroid dienone is 4.